The fraction of sp³-hybridized carbons (Fsp3) is 0.316. The Morgan fingerprint density at radius 2 is 1.86 bits per heavy atom. The second kappa shape index (κ2) is 7.87. The Labute approximate surface area is 159 Å². The van der Waals surface area contributed by atoms with Crippen molar-refractivity contribution < 1.29 is 22.8 Å². The molecular formula is C19H19F3N4O2. The molecule has 1 aromatic heterocycles. The number of likely N-dealkylation sites (tertiary alicyclic amines) is 1. The largest absolute Gasteiger partial charge is 0.383 e. The summed E-state index contributed by atoms with van der Waals surface area (Å²) in [5.41, 5.74) is 6.68. The summed E-state index contributed by atoms with van der Waals surface area (Å²) in [7, 11) is 0. The van der Waals surface area contributed by atoms with Gasteiger partial charge in [-0.1, -0.05) is 0 Å². The molecular weight excluding hydrogens is 373 g/mol. The van der Waals surface area contributed by atoms with Crippen molar-refractivity contribution in [1.29, 1.82) is 0 Å². The van der Waals surface area contributed by atoms with Crippen molar-refractivity contribution in [3.63, 3.8) is 0 Å². The second-order valence-electron chi connectivity index (χ2n) is 6.69. The van der Waals surface area contributed by atoms with Crippen LogP contribution in [-0.4, -0.2) is 28.2 Å². The molecule has 6 nitrogen and oxygen atoms in total. The molecule has 28 heavy (non-hydrogen) atoms. The Bertz CT molecular complexity index is 912. The van der Waals surface area contributed by atoms with Gasteiger partial charge < -0.3 is 16.0 Å². The number of benzene rings is 1. The van der Waals surface area contributed by atoms with Crippen molar-refractivity contribution in [3.8, 4) is 0 Å². The topological polar surface area (TPSA) is 88.3 Å². The highest BCUT2D eigenvalue weighted by Gasteiger charge is 2.33. The van der Waals surface area contributed by atoms with E-state index in [2.05, 4.69) is 10.3 Å². The van der Waals surface area contributed by atoms with Gasteiger partial charge in [-0.05, 0) is 55.5 Å². The zero-order chi connectivity index (χ0) is 20.4. The van der Waals surface area contributed by atoms with Crippen LogP contribution in [0.25, 0.3) is 0 Å². The summed E-state index contributed by atoms with van der Waals surface area (Å²) in [5, 5.41) is 2.45. The predicted octanol–water partition coefficient (Wildman–Crippen LogP) is 3.08. The Kier molecular flexibility index (Phi) is 5.53. The van der Waals surface area contributed by atoms with Crippen molar-refractivity contribution in [2.75, 3.05) is 17.6 Å². The van der Waals surface area contributed by atoms with Crippen LogP contribution in [0, 0.1) is 24.4 Å². The molecule has 148 valence electrons. The number of carbonyl (C=O) groups excluding carboxylic acids is 2. The molecule has 3 N–H and O–H groups in total. The highest BCUT2D eigenvalue weighted by molar-refractivity contribution is 6.39. The Morgan fingerprint density at radius 1 is 1.18 bits per heavy atom. The minimum absolute atomic E-state index is 0.113. The number of rotatable bonds is 2. The third kappa shape index (κ3) is 3.92. The first-order valence-corrected chi connectivity index (χ1v) is 8.76. The maximum atomic E-state index is 13.6. The van der Waals surface area contributed by atoms with Crippen LogP contribution in [0.3, 0.4) is 0 Å². The summed E-state index contributed by atoms with van der Waals surface area (Å²) in [6.45, 7) is 1.95. The van der Waals surface area contributed by atoms with Crippen LogP contribution < -0.4 is 11.1 Å². The average molecular weight is 392 g/mol. The number of nitrogen functional groups attached to an aromatic ring is 1. The van der Waals surface area contributed by atoms with Crippen LogP contribution in [0.2, 0.25) is 0 Å². The maximum Gasteiger partial charge on any atom is 0.313 e. The van der Waals surface area contributed by atoms with Gasteiger partial charge in [0.15, 0.2) is 17.5 Å². The molecule has 0 radical (unpaired) electrons. The zero-order valence-corrected chi connectivity index (χ0v) is 15.1. The number of piperidine rings is 1. The van der Waals surface area contributed by atoms with Crippen LogP contribution >= 0.6 is 0 Å². The number of nitrogens with two attached hydrogens (primary N) is 1. The van der Waals surface area contributed by atoms with Gasteiger partial charge in [0.2, 0.25) is 0 Å². The molecule has 0 saturated carbocycles. The van der Waals surface area contributed by atoms with E-state index in [1.165, 1.54) is 11.1 Å². The molecule has 1 aliphatic heterocycles. The number of aryl methyl sites for hydroxylation is 1. The maximum absolute atomic E-state index is 13.6. The van der Waals surface area contributed by atoms with E-state index in [1.54, 1.807) is 13.0 Å². The number of hydrogen-bond acceptors (Lipinski definition) is 4. The third-order valence-corrected chi connectivity index (χ3v) is 4.73. The van der Waals surface area contributed by atoms with Gasteiger partial charge in [0.1, 0.15) is 5.82 Å². The first-order chi connectivity index (χ1) is 13.3. The summed E-state index contributed by atoms with van der Waals surface area (Å²) in [6.07, 6.45) is 3.08. The Morgan fingerprint density at radius 3 is 2.50 bits per heavy atom. The fourth-order valence-corrected chi connectivity index (χ4v) is 3.26. The van der Waals surface area contributed by atoms with Crippen molar-refractivity contribution >= 4 is 23.3 Å². The third-order valence-electron chi connectivity index (χ3n) is 4.73. The lowest BCUT2D eigenvalue weighted by Crippen LogP contribution is -2.44. The van der Waals surface area contributed by atoms with Crippen LogP contribution in [0.4, 0.5) is 24.7 Å². The number of nitrogens with one attached hydrogen (secondary N) is 1. The lowest BCUT2D eigenvalue weighted by atomic mass is 9.94. The standard InChI is InChI=1S/C19H19F3N4O2/c1-10-6-12(9-24-17(10)23)25-18(27)19(28)26-5-3-2-4-15(26)11-7-13(20)16(22)14(21)8-11/h6-9,15H,2-5H2,1H3,(H2,23,24)(H,25,27)/t15-/m0/s1. The van der Waals surface area contributed by atoms with Gasteiger partial charge >= 0.3 is 11.8 Å². The number of hydrogen-bond donors (Lipinski definition) is 2. The number of amides is 2. The van der Waals surface area contributed by atoms with Crippen LogP contribution in [0.1, 0.15) is 36.4 Å². The molecule has 0 unspecified atom stereocenters. The molecule has 2 aromatic rings. The predicted molar refractivity (Wildman–Crippen MR) is 96.6 cm³/mol. The quantitative estimate of drug-likeness (QED) is 0.607. The van der Waals surface area contributed by atoms with E-state index < -0.39 is 35.3 Å². The highest BCUT2D eigenvalue weighted by Crippen LogP contribution is 2.32. The molecule has 2 amide bonds. The monoisotopic (exact) mass is 392 g/mol. The Balaban J connectivity index is 1.82. The second-order valence-corrected chi connectivity index (χ2v) is 6.69. The molecule has 9 heteroatoms. The molecule has 1 atom stereocenters. The average Bonchev–Trinajstić information content (AvgIpc) is 2.68. The van der Waals surface area contributed by atoms with Crippen LogP contribution in [0.15, 0.2) is 24.4 Å². The molecule has 3 rings (SSSR count). The minimum Gasteiger partial charge on any atom is -0.383 e. The number of carbonyl (C=O) groups is 2. The fourth-order valence-electron chi connectivity index (χ4n) is 3.26. The summed E-state index contributed by atoms with van der Waals surface area (Å²) < 4.78 is 40.5. The molecule has 0 spiro atoms. The van der Waals surface area contributed by atoms with E-state index in [9.17, 15) is 22.8 Å². The lowest BCUT2D eigenvalue weighted by molar-refractivity contribution is -0.145. The van der Waals surface area contributed by atoms with Crippen molar-refractivity contribution in [2.45, 2.75) is 32.2 Å². The van der Waals surface area contributed by atoms with Gasteiger partial charge in [0.25, 0.3) is 0 Å². The van der Waals surface area contributed by atoms with Crippen molar-refractivity contribution in [1.82, 2.24) is 9.88 Å². The van der Waals surface area contributed by atoms with Gasteiger partial charge in [0, 0.05) is 6.54 Å². The van der Waals surface area contributed by atoms with Crippen LogP contribution in [0.5, 0.6) is 0 Å². The Hall–Kier alpha value is -3.10. The zero-order valence-electron chi connectivity index (χ0n) is 15.1. The first kappa shape index (κ1) is 19.7. The molecule has 1 fully saturated rings. The molecule has 2 heterocycles. The molecule has 0 aliphatic carbocycles. The lowest BCUT2D eigenvalue weighted by Gasteiger charge is -2.35. The first-order valence-electron chi connectivity index (χ1n) is 8.76. The van der Waals surface area contributed by atoms with Crippen LogP contribution in [-0.2, 0) is 9.59 Å². The van der Waals surface area contributed by atoms with E-state index in [0.717, 1.165) is 12.1 Å². The molecule has 1 aliphatic rings. The van der Waals surface area contributed by atoms with Gasteiger partial charge in [-0.3, -0.25) is 9.59 Å². The number of nitrogens with zero attached hydrogens (tertiary/aromatic N) is 2. The number of halogens is 3. The summed E-state index contributed by atoms with van der Waals surface area (Å²) in [4.78, 5) is 30.3. The molecule has 1 aromatic carbocycles. The summed E-state index contributed by atoms with van der Waals surface area (Å²) in [5.74, 6) is -5.67. The van der Waals surface area contributed by atoms with Gasteiger partial charge in [0.05, 0.1) is 17.9 Å². The number of pyridine rings is 1. The van der Waals surface area contributed by atoms with E-state index in [4.69, 9.17) is 5.73 Å². The number of aromatic nitrogens is 1. The number of anilines is 2. The minimum atomic E-state index is -1.57. The smallest absolute Gasteiger partial charge is 0.313 e. The van der Waals surface area contributed by atoms with Gasteiger partial charge in [-0.15, -0.1) is 0 Å². The molecule has 0 bridgehead atoms. The van der Waals surface area contributed by atoms with Gasteiger partial charge in [-0.25, -0.2) is 18.2 Å². The summed E-state index contributed by atoms with van der Waals surface area (Å²) >= 11 is 0. The van der Waals surface area contributed by atoms with E-state index in [-0.39, 0.29) is 12.1 Å². The van der Waals surface area contributed by atoms with Crippen molar-refractivity contribution in [3.05, 3.63) is 53.0 Å². The van der Waals surface area contributed by atoms with E-state index in [0.29, 0.717) is 36.3 Å². The highest BCUT2D eigenvalue weighted by atomic mass is 19.2. The van der Waals surface area contributed by atoms with Gasteiger partial charge in [-0.2, -0.15) is 0 Å². The normalized spacial score (nSPS) is 16.7. The molecule has 1 saturated heterocycles. The SMILES string of the molecule is Cc1cc(NC(=O)C(=O)N2CCCC[C@H]2c2cc(F)c(F)c(F)c2)cnc1N. The van der Waals surface area contributed by atoms with Crippen molar-refractivity contribution in [2.24, 2.45) is 0 Å². The van der Waals surface area contributed by atoms with E-state index in [1.807, 2.05) is 0 Å². The van der Waals surface area contributed by atoms with E-state index >= 15 is 0 Å². The summed E-state index contributed by atoms with van der Waals surface area (Å²) in [6, 6.07) is 2.58.